The Morgan fingerprint density at radius 3 is 2.50 bits per heavy atom. The van der Waals surface area contributed by atoms with Gasteiger partial charge in [0.15, 0.2) is 0 Å². The third-order valence-corrected chi connectivity index (χ3v) is 2.72. The lowest BCUT2D eigenvalue weighted by Crippen LogP contribution is -2.07. The molecule has 0 saturated heterocycles. The summed E-state index contributed by atoms with van der Waals surface area (Å²) in [6, 6.07) is 10.9. The standard InChI is InChI=1S/C16H15NO3/c1-11(18)10-13-6-5-7-14(16(13)20-12(2)19)15-8-3-4-9-17-15/h3-9H,10H2,1-2H3. The van der Waals surface area contributed by atoms with Gasteiger partial charge in [0, 0.05) is 30.7 Å². The summed E-state index contributed by atoms with van der Waals surface area (Å²) >= 11 is 0. The molecule has 20 heavy (non-hydrogen) atoms. The maximum atomic E-state index is 11.3. The topological polar surface area (TPSA) is 56.3 Å². The second-order valence-corrected chi connectivity index (χ2v) is 4.48. The Hall–Kier alpha value is -2.49. The van der Waals surface area contributed by atoms with Gasteiger partial charge in [0.1, 0.15) is 11.5 Å². The molecule has 0 aliphatic rings. The van der Waals surface area contributed by atoms with E-state index in [4.69, 9.17) is 4.74 Å². The van der Waals surface area contributed by atoms with Gasteiger partial charge in [-0.1, -0.05) is 18.2 Å². The highest BCUT2D eigenvalue weighted by Crippen LogP contribution is 2.32. The number of para-hydroxylation sites is 1. The van der Waals surface area contributed by atoms with Crippen LogP contribution in [0.25, 0.3) is 11.3 Å². The van der Waals surface area contributed by atoms with Gasteiger partial charge in [-0.2, -0.15) is 0 Å². The molecular formula is C16H15NO3. The Kier molecular flexibility index (Phi) is 4.25. The van der Waals surface area contributed by atoms with Gasteiger partial charge < -0.3 is 4.74 Å². The summed E-state index contributed by atoms with van der Waals surface area (Å²) in [7, 11) is 0. The Labute approximate surface area is 117 Å². The van der Waals surface area contributed by atoms with Crippen molar-refractivity contribution in [2.75, 3.05) is 0 Å². The fourth-order valence-corrected chi connectivity index (χ4v) is 1.98. The third kappa shape index (κ3) is 3.29. The van der Waals surface area contributed by atoms with Crippen molar-refractivity contribution in [2.24, 2.45) is 0 Å². The third-order valence-electron chi connectivity index (χ3n) is 2.72. The fraction of sp³-hybridized carbons (Fsp3) is 0.188. The molecule has 4 heteroatoms. The van der Waals surface area contributed by atoms with Crippen LogP contribution < -0.4 is 4.74 Å². The molecule has 0 saturated carbocycles. The van der Waals surface area contributed by atoms with Crippen molar-refractivity contribution in [3.05, 3.63) is 48.2 Å². The first kappa shape index (κ1) is 13.9. The molecule has 0 atom stereocenters. The van der Waals surface area contributed by atoms with E-state index in [2.05, 4.69) is 4.98 Å². The molecule has 2 rings (SSSR count). The summed E-state index contributed by atoms with van der Waals surface area (Å²) in [5.74, 6) is 0.00339. The van der Waals surface area contributed by atoms with E-state index in [9.17, 15) is 9.59 Å². The first-order chi connectivity index (χ1) is 9.58. The summed E-state index contributed by atoms with van der Waals surface area (Å²) in [6.45, 7) is 2.84. The Morgan fingerprint density at radius 1 is 1.10 bits per heavy atom. The predicted octanol–water partition coefficient (Wildman–Crippen LogP) is 2.81. The number of rotatable bonds is 4. The number of benzene rings is 1. The summed E-state index contributed by atoms with van der Waals surface area (Å²) in [4.78, 5) is 26.9. The van der Waals surface area contributed by atoms with E-state index in [1.165, 1.54) is 13.8 Å². The molecule has 0 spiro atoms. The molecule has 2 aromatic rings. The normalized spacial score (nSPS) is 10.1. The summed E-state index contributed by atoms with van der Waals surface area (Å²) in [6.07, 6.45) is 1.90. The number of esters is 1. The number of ketones is 1. The van der Waals surface area contributed by atoms with Crippen LogP contribution in [0.1, 0.15) is 19.4 Å². The number of ether oxygens (including phenoxy) is 1. The molecule has 0 bridgehead atoms. The minimum Gasteiger partial charge on any atom is -0.426 e. The van der Waals surface area contributed by atoms with Crippen molar-refractivity contribution in [3.63, 3.8) is 0 Å². The minimum atomic E-state index is -0.418. The van der Waals surface area contributed by atoms with Gasteiger partial charge in [-0.05, 0) is 25.1 Å². The van der Waals surface area contributed by atoms with E-state index in [0.717, 1.165) is 0 Å². The molecule has 0 aliphatic heterocycles. The van der Waals surface area contributed by atoms with Crippen LogP contribution in [-0.4, -0.2) is 16.7 Å². The largest absolute Gasteiger partial charge is 0.426 e. The number of nitrogens with zero attached hydrogens (tertiary/aromatic N) is 1. The highest BCUT2D eigenvalue weighted by Gasteiger charge is 2.15. The highest BCUT2D eigenvalue weighted by molar-refractivity contribution is 5.82. The number of hydrogen-bond acceptors (Lipinski definition) is 4. The van der Waals surface area contributed by atoms with Crippen molar-refractivity contribution < 1.29 is 14.3 Å². The lowest BCUT2D eigenvalue weighted by atomic mass is 10.0. The molecule has 1 aromatic heterocycles. The zero-order valence-corrected chi connectivity index (χ0v) is 11.4. The monoisotopic (exact) mass is 269 g/mol. The van der Waals surface area contributed by atoms with Gasteiger partial charge >= 0.3 is 5.97 Å². The van der Waals surface area contributed by atoms with Crippen LogP contribution in [0.4, 0.5) is 0 Å². The van der Waals surface area contributed by atoms with E-state index in [1.54, 1.807) is 12.3 Å². The summed E-state index contributed by atoms with van der Waals surface area (Å²) in [5.41, 5.74) is 2.10. The van der Waals surface area contributed by atoms with Gasteiger partial charge in [-0.25, -0.2) is 0 Å². The lowest BCUT2D eigenvalue weighted by molar-refractivity contribution is -0.132. The van der Waals surface area contributed by atoms with E-state index in [1.807, 2.05) is 30.3 Å². The van der Waals surface area contributed by atoms with E-state index < -0.39 is 5.97 Å². The van der Waals surface area contributed by atoms with Gasteiger partial charge in [0.05, 0.1) is 5.69 Å². The number of Topliss-reactive ketones (excluding diaryl/α,β-unsaturated/α-hetero) is 1. The molecule has 1 heterocycles. The van der Waals surface area contributed by atoms with Crippen molar-refractivity contribution in [2.45, 2.75) is 20.3 Å². The van der Waals surface area contributed by atoms with E-state index in [-0.39, 0.29) is 12.2 Å². The van der Waals surface area contributed by atoms with Crippen LogP contribution >= 0.6 is 0 Å². The molecule has 0 aliphatic carbocycles. The van der Waals surface area contributed by atoms with Gasteiger partial charge in [-0.15, -0.1) is 0 Å². The SMILES string of the molecule is CC(=O)Cc1cccc(-c2ccccn2)c1OC(C)=O. The molecular weight excluding hydrogens is 254 g/mol. The second-order valence-electron chi connectivity index (χ2n) is 4.48. The maximum absolute atomic E-state index is 11.3. The number of hydrogen-bond donors (Lipinski definition) is 0. The number of pyridine rings is 1. The average molecular weight is 269 g/mol. The first-order valence-corrected chi connectivity index (χ1v) is 6.29. The molecule has 0 N–H and O–H groups in total. The summed E-state index contributed by atoms with van der Waals surface area (Å²) < 4.78 is 5.30. The zero-order valence-electron chi connectivity index (χ0n) is 11.4. The van der Waals surface area contributed by atoms with Gasteiger partial charge in [-0.3, -0.25) is 14.6 Å². The molecule has 4 nitrogen and oxygen atoms in total. The van der Waals surface area contributed by atoms with Crippen LogP contribution in [0.15, 0.2) is 42.6 Å². The lowest BCUT2D eigenvalue weighted by Gasteiger charge is -2.13. The second kappa shape index (κ2) is 6.10. The van der Waals surface area contributed by atoms with Gasteiger partial charge in [0.25, 0.3) is 0 Å². The summed E-state index contributed by atoms with van der Waals surface area (Å²) in [5, 5.41) is 0. The number of aromatic nitrogens is 1. The quantitative estimate of drug-likeness (QED) is 0.632. The first-order valence-electron chi connectivity index (χ1n) is 6.29. The van der Waals surface area contributed by atoms with E-state index in [0.29, 0.717) is 22.6 Å². The maximum Gasteiger partial charge on any atom is 0.308 e. The van der Waals surface area contributed by atoms with Crippen molar-refractivity contribution in [1.82, 2.24) is 4.98 Å². The van der Waals surface area contributed by atoms with Crippen LogP contribution in [0.3, 0.4) is 0 Å². The van der Waals surface area contributed by atoms with Crippen molar-refractivity contribution in [1.29, 1.82) is 0 Å². The fourth-order valence-electron chi connectivity index (χ4n) is 1.98. The molecule has 0 fully saturated rings. The van der Waals surface area contributed by atoms with Crippen molar-refractivity contribution in [3.8, 4) is 17.0 Å². The van der Waals surface area contributed by atoms with Crippen LogP contribution in [0, 0.1) is 0 Å². The van der Waals surface area contributed by atoms with Crippen molar-refractivity contribution >= 4 is 11.8 Å². The minimum absolute atomic E-state index is 0.0107. The number of carbonyl (C=O) groups is 2. The van der Waals surface area contributed by atoms with Crippen LogP contribution in [0.2, 0.25) is 0 Å². The number of carbonyl (C=O) groups excluding carboxylic acids is 2. The van der Waals surface area contributed by atoms with Gasteiger partial charge in [0.2, 0.25) is 0 Å². The Bertz CT molecular complexity index is 635. The van der Waals surface area contributed by atoms with Crippen LogP contribution in [-0.2, 0) is 16.0 Å². The predicted molar refractivity (Wildman–Crippen MR) is 75.4 cm³/mol. The molecule has 0 radical (unpaired) electrons. The smallest absolute Gasteiger partial charge is 0.308 e. The average Bonchev–Trinajstić information content (AvgIpc) is 2.40. The van der Waals surface area contributed by atoms with E-state index >= 15 is 0 Å². The molecule has 0 unspecified atom stereocenters. The van der Waals surface area contributed by atoms with Crippen LogP contribution in [0.5, 0.6) is 5.75 Å². The molecule has 102 valence electrons. The zero-order chi connectivity index (χ0) is 14.5. The Balaban J connectivity index is 2.55. The molecule has 0 amide bonds. The highest BCUT2D eigenvalue weighted by atomic mass is 16.5. The Morgan fingerprint density at radius 2 is 1.90 bits per heavy atom. The molecule has 1 aromatic carbocycles.